The molecular formula is C12H8BrCl2N3O2. The Balaban J connectivity index is 2.43. The van der Waals surface area contributed by atoms with Crippen LogP contribution in [0.1, 0.15) is 5.56 Å². The first kappa shape index (κ1) is 14.9. The van der Waals surface area contributed by atoms with Crippen molar-refractivity contribution in [1.29, 1.82) is 0 Å². The van der Waals surface area contributed by atoms with Gasteiger partial charge in [-0.1, -0.05) is 28.4 Å². The van der Waals surface area contributed by atoms with Gasteiger partial charge in [0.1, 0.15) is 5.75 Å². The molecule has 5 nitrogen and oxygen atoms in total. The van der Waals surface area contributed by atoms with E-state index in [1.165, 1.54) is 12.4 Å². The number of hydrogen-bond donors (Lipinski definition) is 2. The Morgan fingerprint density at radius 1 is 1.30 bits per heavy atom. The minimum atomic E-state index is -0.0956. The van der Waals surface area contributed by atoms with Crippen LogP contribution in [-0.4, -0.2) is 16.0 Å². The van der Waals surface area contributed by atoms with E-state index >= 15 is 0 Å². The van der Waals surface area contributed by atoms with E-state index in [1.807, 2.05) is 0 Å². The fourth-order valence-electron chi connectivity index (χ4n) is 1.43. The Morgan fingerprint density at radius 3 is 2.75 bits per heavy atom. The molecule has 0 aliphatic carbocycles. The third kappa shape index (κ3) is 3.15. The van der Waals surface area contributed by atoms with Crippen LogP contribution in [0.2, 0.25) is 10.0 Å². The summed E-state index contributed by atoms with van der Waals surface area (Å²) >= 11 is 15.3. The predicted octanol–water partition coefficient (Wildman–Crippen LogP) is 4.04. The largest absolute Gasteiger partial charge is 0.453 e. The molecule has 0 bridgehead atoms. The van der Waals surface area contributed by atoms with Gasteiger partial charge in [-0.05, 0) is 28.1 Å². The number of pyridine rings is 1. The lowest BCUT2D eigenvalue weighted by Crippen LogP contribution is -2.14. The number of rotatable bonds is 3. The van der Waals surface area contributed by atoms with E-state index in [4.69, 9.17) is 38.9 Å². The van der Waals surface area contributed by atoms with Gasteiger partial charge in [-0.3, -0.25) is 4.98 Å². The Morgan fingerprint density at radius 2 is 2.05 bits per heavy atom. The molecule has 104 valence electrons. The van der Waals surface area contributed by atoms with Crippen molar-refractivity contribution in [3.05, 3.63) is 50.7 Å². The molecular weight excluding hydrogens is 369 g/mol. The van der Waals surface area contributed by atoms with Gasteiger partial charge in [0.05, 0.1) is 21.8 Å². The van der Waals surface area contributed by atoms with E-state index in [1.54, 1.807) is 18.2 Å². The maximum absolute atomic E-state index is 8.75. The lowest BCUT2D eigenvalue weighted by molar-refractivity contribution is 0.318. The third-order valence-corrected chi connectivity index (χ3v) is 3.86. The molecule has 2 aromatic rings. The van der Waals surface area contributed by atoms with Crippen LogP contribution in [-0.2, 0) is 0 Å². The van der Waals surface area contributed by atoms with Crippen molar-refractivity contribution in [2.45, 2.75) is 0 Å². The van der Waals surface area contributed by atoms with E-state index in [2.05, 4.69) is 26.1 Å². The first-order valence-electron chi connectivity index (χ1n) is 5.27. The molecule has 0 unspecified atom stereocenters. The number of benzene rings is 1. The van der Waals surface area contributed by atoms with Crippen molar-refractivity contribution < 1.29 is 9.94 Å². The van der Waals surface area contributed by atoms with Crippen LogP contribution in [0.4, 0.5) is 0 Å². The molecule has 0 radical (unpaired) electrons. The molecule has 0 aliphatic heterocycles. The summed E-state index contributed by atoms with van der Waals surface area (Å²) in [5, 5.41) is 12.5. The van der Waals surface area contributed by atoms with Crippen LogP contribution in [0.25, 0.3) is 0 Å². The first-order valence-corrected chi connectivity index (χ1v) is 6.82. The highest BCUT2D eigenvalue weighted by Gasteiger charge is 2.13. The maximum atomic E-state index is 8.75. The standard InChI is InChI=1S/C12H8BrCl2N3O2/c13-7-3-9(15)10(4-8(7)14)20-11-5-17-2-1-6(11)12(16)18-19/h1-5,19H,(H2,16,18). The van der Waals surface area contributed by atoms with Gasteiger partial charge in [0.2, 0.25) is 0 Å². The SMILES string of the molecule is N/C(=N/O)c1ccncc1Oc1cc(Cl)c(Br)cc1Cl. The van der Waals surface area contributed by atoms with E-state index in [-0.39, 0.29) is 5.84 Å². The number of nitrogens with two attached hydrogens (primary N) is 1. The number of halogens is 3. The Hall–Kier alpha value is -1.50. The molecule has 20 heavy (non-hydrogen) atoms. The van der Waals surface area contributed by atoms with Crippen LogP contribution in [0.15, 0.2) is 40.2 Å². The molecule has 8 heteroatoms. The molecule has 1 aromatic carbocycles. The summed E-state index contributed by atoms with van der Waals surface area (Å²) in [5.41, 5.74) is 5.95. The van der Waals surface area contributed by atoms with Crippen molar-refractivity contribution in [2.75, 3.05) is 0 Å². The molecule has 3 N–H and O–H groups in total. The molecule has 1 aromatic heterocycles. The number of amidine groups is 1. The molecule has 0 amide bonds. The van der Waals surface area contributed by atoms with Gasteiger partial charge in [0.15, 0.2) is 11.6 Å². The molecule has 1 heterocycles. The zero-order valence-electron chi connectivity index (χ0n) is 9.85. The summed E-state index contributed by atoms with van der Waals surface area (Å²) in [6.45, 7) is 0. The summed E-state index contributed by atoms with van der Waals surface area (Å²) in [6, 6.07) is 4.72. The van der Waals surface area contributed by atoms with E-state index in [0.717, 1.165) is 0 Å². The smallest absolute Gasteiger partial charge is 0.173 e. The highest BCUT2D eigenvalue weighted by atomic mass is 79.9. The number of oxime groups is 1. The number of aromatic nitrogens is 1. The fourth-order valence-corrected chi connectivity index (χ4v) is 2.26. The molecule has 0 spiro atoms. The fraction of sp³-hybridized carbons (Fsp3) is 0. The molecule has 0 aliphatic rings. The number of nitrogens with zero attached hydrogens (tertiary/aromatic N) is 2. The minimum Gasteiger partial charge on any atom is -0.453 e. The van der Waals surface area contributed by atoms with E-state index in [9.17, 15) is 0 Å². The van der Waals surface area contributed by atoms with Crippen molar-refractivity contribution in [2.24, 2.45) is 10.9 Å². The molecule has 2 rings (SSSR count). The maximum Gasteiger partial charge on any atom is 0.173 e. The zero-order chi connectivity index (χ0) is 14.7. The van der Waals surface area contributed by atoms with Crippen LogP contribution in [0, 0.1) is 0 Å². The predicted molar refractivity (Wildman–Crippen MR) is 81.0 cm³/mol. The van der Waals surface area contributed by atoms with E-state index in [0.29, 0.717) is 31.6 Å². The van der Waals surface area contributed by atoms with Crippen LogP contribution in [0.5, 0.6) is 11.5 Å². The summed E-state index contributed by atoms with van der Waals surface area (Å²) < 4.78 is 6.28. The van der Waals surface area contributed by atoms with Gasteiger partial charge >= 0.3 is 0 Å². The summed E-state index contributed by atoms with van der Waals surface area (Å²) in [5.74, 6) is 0.532. The van der Waals surface area contributed by atoms with E-state index < -0.39 is 0 Å². The van der Waals surface area contributed by atoms with Crippen molar-refractivity contribution in [3.63, 3.8) is 0 Å². The monoisotopic (exact) mass is 375 g/mol. The Labute approximate surface area is 133 Å². The van der Waals surface area contributed by atoms with Gasteiger partial charge in [-0.25, -0.2) is 0 Å². The summed E-state index contributed by atoms with van der Waals surface area (Å²) in [7, 11) is 0. The van der Waals surface area contributed by atoms with Crippen molar-refractivity contribution in [3.8, 4) is 11.5 Å². The lowest BCUT2D eigenvalue weighted by Gasteiger charge is -2.11. The van der Waals surface area contributed by atoms with Gasteiger partial charge in [0.25, 0.3) is 0 Å². The van der Waals surface area contributed by atoms with Crippen molar-refractivity contribution in [1.82, 2.24) is 4.98 Å². The average molecular weight is 377 g/mol. The van der Waals surface area contributed by atoms with Gasteiger partial charge in [-0.15, -0.1) is 0 Å². The number of ether oxygens (including phenoxy) is 1. The second-order valence-corrected chi connectivity index (χ2v) is 5.32. The molecule has 0 saturated carbocycles. The van der Waals surface area contributed by atoms with Gasteiger partial charge < -0.3 is 15.7 Å². The van der Waals surface area contributed by atoms with Crippen molar-refractivity contribution >= 4 is 45.0 Å². The second kappa shape index (κ2) is 6.30. The highest BCUT2D eigenvalue weighted by Crippen LogP contribution is 2.37. The molecule has 0 saturated heterocycles. The van der Waals surface area contributed by atoms with Crippen LogP contribution in [0.3, 0.4) is 0 Å². The summed E-state index contributed by atoms with van der Waals surface area (Å²) in [4.78, 5) is 3.93. The lowest BCUT2D eigenvalue weighted by atomic mass is 10.2. The topological polar surface area (TPSA) is 80.7 Å². The van der Waals surface area contributed by atoms with Crippen LogP contribution < -0.4 is 10.5 Å². The average Bonchev–Trinajstić information content (AvgIpc) is 2.44. The normalized spacial score (nSPS) is 11.4. The molecule has 0 fully saturated rings. The van der Waals surface area contributed by atoms with Gasteiger partial charge in [0, 0.05) is 16.7 Å². The quantitative estimate of drug-likeness (QED) is 0.278. The third-order valence-electron chi connectivity index (χ3n) is 2.36. The zero-order valence-corrected chi connectivity index (χ0v) is 12.9. The first-order chi connectivity index (χ1) is 9.52. The summed E-state index contributed by atoms with van der Waals surface area (Å²) in [6.07, 6.45) is 2.93. The Kier molecular flexibility index (Phi) is 4.69. The Bertz CT molecular complexity index is 680. The van der Waals surface area contributed by atoms with Crippen LogP contribution >= 0.6 is 39.1 Å². The minimum absolute atomic E-state index is 0.0956. The second-order valence-electron chi connectivity index (χ2n) is 3.66. The molecule has 0 atom stereocenters. The highest BCUT2D eigenvalue weighted by molar-refractivity contribution is 9.10. The number of hydrogen-bond acceptors (Lipinski definition) is 4. The van der Waals surface area contributed by atoms with Gasteiger partial charge in [-0.2, -0.15) is 0 Å².